The van der Waals surface area contributed by atoms with Crippen molar-refractivity contribution in [2.75, 3.05) is 26.7 Å². The number of amidine groups is 1. The van der Waals surface area contributed by atoms with Gasteiger partial charge in [0.05, 0.1) is 6.54 Å². The molecule has 0 bridgehead atoms. The maximum absolute atomic E-state index is 8.69. The van der Waals surface area contributed by atoms with Gasteiger partial charge in [-0.15, -0.1) is 0 Å². The van der Waals surface area contributed by atoms with Gasteiger partial charge in [0, 0.05) is 13.0 Å². The second-order valence-electron chi connectivity index (χ2n) is 3.09. The summed E-state index contributed by atoms with van der Waals surface area (Å²) in [7, 11) is 2.06. The van der Waals surface area contributed by atoms with Crippen molar-refractivity contribution in [3.05, 3.63) is 0 Å². The first kappa shape index (κ1) is 12.4. The number of nitrogens with one attached hydrogen (secondary N) is 1. The molecule has 0 amide bonds. The minimum atomic E-state index is 0.687. The fourth-order valence-electron chi connectivity index (χ4n) is 0.921. The molecule has 0 unspecified atom stereocenters. The van der Waals surface area contributed by atoms with Crippen molar-refractivity contribution in [3.8, 4) is 0 Å². The molecule has 13 heavy (non-hydrogen) atoms. The second-order valence-corrected chi connectivity index (χ2v) is 3.09. The van der Waals surface area contributed by atoms with Crippen molar-refractivity contribution in [2.24, 2.45) is 4.99 Å². The molecule has 0 radical (unpaired) electrons. The van der Waals surface area contributed by atoms with Crippen LogP contribution in [0.15, 0.2) is 4.99 Å². The van der Waals surface area contributed by atoms with Crippen molar-refractivity contribution in [1.82, 2.24) is 10.4 Å². The Labute approximate surface area is 80.6 Å². The van der Waals surface area contributed by atoms with E-state index in [0.717, 1.165) is 32.5 Å². The van der Waals surface area contributed by atoms with E-state index in [1.54, 1.807) is 0 Å². The van der Waals surface area contributed by atoms with Crippen molar-refractivity contribution in [2.45, 2.75) is 26.7 Å². The molecule has 0 aliphatic carbocycles. The summed E-state index contributed by atoms with van der Waals surface area (Å²) in [6, 6.07) is 0. The minimum absolute atomic E-state index is 0.687. The molecule has 2 N–H and O–H groups in total. The maximum atomic E-state index is 8.69. The number of hydroxylamine groups is 1. The molecular weight excluding hydrogens is 166 g/mol. The van der Waals surface area contributed by atoms with Crippen LogP contribution in [0.5, 0.6) is 0 Å². The molecule has 0 aliphatic heterocycles. The normalized spacial score (nSPS) is 12.2. The van der Waals surface area contributed by atoms with E-state index in [1.165, 1.54) is 0 Å². The third-order valence-corrected chi connectivity index (χ3v) is 1.94. The Morgan fingerprint density at radius 3 is 2.62 bits per heavy atom. The predicted octanol–water partition coefficient (Wildman–Crippen LogP) is 1.12. The lowest BCUT2D eigenvalue weighted by Gasteiger charge is -2.11. The van der Waals surface area contributed by atoms with Crippen LogP contribution in [0.4, 0.5) is 0 Å². The Morgan fingerprint density at radius 2 is 2.15 bits per heavy atom. The largest absolute Gasteiger partial charge is 0.305 e. The Hall–Kier alpha value is -0.610. The highest BCUT2D eigenvalue weighted by molar-refractivity contribution is 5.80. The molecule has 0 heterocycles. The van der Waals surface area contributed by atoms with E-state index in [-0.39, 0.29) is 0 Å². The van der Waals surface area contributed by atoms with Gasteiger partial charge in [-0.05, 0) is 20.0 Å². The lowest BCUT2D eigenvalue weighted by Crippen LogP contribution is -2.24. The summed E-state index contributed by atoms with van der Waals surface area (Å²) in [4.78, 5) is 6.42. The molecule has 0 atom stereocenters. The van der Waals surface area contributed by atoms with E-state index in [1.807, 2.05) is 0 Å². The van der Waals surface area contributed by atoms with Crippen molar-refractivity contribution in [1.29, 1.82) is 0 Å². The van der Waals surface area contributed by atoms with Crippen LogP contribution in [-0.4, -0.2) is 42.6 Å². The summed E-state index contributed by atoms with van der Waals surface area (Å²) >= 11 is 0. The van der Waals surface area contributed by atoms with Crippen LogP contribution >= 0.6 is 0 Å². The van der Waals surface area contributed by atoms with Gasteiger partial charge in [0.25, 0.3) is 0 Å². The zero-order valence-corrected chi connectivity index (χ0v) is 8.88. The molecule has 0 aromatic rings. The molecule has 0 aromatic carbocycles. The summed E-state index contributed by atoms with van der Waals surface area (Å²) in [6.07, 6.45) is 1.81. The van der Waals surface area contributed by atoms with Gasteiger partial charge in [-0.3, -0.25) is 15.7 Å². The van der Waals surface area contributed by atoms with E-state index >= 15 is 0 Å². The summed E-state index contributed by atoms with van der Waals surface area (Å²) in [5.41, 5.74) is 2.13. The number of hydrogen-bond acceptors (Lipinski definition) is 3. The van der Waals surface area contributed by atoms with Gasteiger partial charge < -0.3 is 4.90 Å². The van der Waals surface area contributed by atoms with Crippen LogP contribution in [0, 0.1) is 0 Å². The Balaban J connectivity index is 3.65. The fraction of sp³-hybridized carbons (Fsp3) is 0.889. The lowest BCUT2D eigenvalue weighted by molar-refractivity contribution is 0.231. The summed E-state index contributed by atoms with van der Waals surface area (Å²) in [5.74, 6) is 0.687. The van der Waals surface area contributed by atoms with Crippen LogP contribution < -0.4 is 5.48 Å². The Morgan fingerprint density at radius 1 is 1.46 bits per heavy atom. The average Bonchev–Trinajstić information content (AvgIpc) is 2.16. The smallest absolute Gasteiger partial charge is 0.120 e. The van der Waals surface area contributed by atoms with E-state index in [2.05, 4.69) is 36.3 Å². The maximum Gasteiger partial charge on any atom is 0.120 e. The third-order valence-electron chi connectivity index (χ3n) is 1.94. The Kier molecular flexibility index (Phi) is 7.63. The quantitative estimate of drug-likeness (QED) is 0.372. The van der Waals surface area contributed by atoms with E-state index in [0.29, 0.717) is 5.84 Å². The highest BCUT2D eigenvalue weighted by Gasteiger charge is 1.95. The summed E-state index contributed by atoms with van der Waals surface area (Å²) < 4.78 is 0. The number of nitrogens with zero attached hydrogens (tertiary/aromatic N) is 2. The first-order chi connectivity index (χ1) is 6.24. The zero-order valence-electron chi connectivity index (χ0n) is 8.88. The number of likely N-dealkylation sites (N-methyl/N-ethyl adjacent to an activating group) is 1. The van der Waals surface area contributed by atoms with Crippen molar-refractivity contribution < 1.29 is 5.21 Å². The highest BCUT2D eigenvalue weighted by atomic mass is 16.5. The standard InChI is InChI=1S/C9H21N3O/c1-4-6-9(11-13)10-7-8-12(3)5-2/h13H,4-8H2,1-3H3,(H,10,11). The topological polar surface area (TPSA) is 47.9 Å². The predicted molar refractivity (Wildman–Crippen MR) is 55.3 cm³/mol. The Bertz CT molecular complexity index is 148. The molecule has 4 nitrogen and oxygen atoms in total. The molecular formula is C9H21N3O. The monoisotopic (exact) mass is 187 g/mol. The van der Waals surface area contributed by atoms with Gasteiger partial charge in [0.1, 0.15) is 5.84 Å². The van der Waals surface area contributed by atoms with Crippen LogP contribution in [0.3, 0.4) is 0 Å². The summed E-state index contributed by atoms with van der Waals surface area (Å²) in [6.45, 7) is 6.88. The molecule has 4 heteroatoms. The molecule has 0 rings (SSSR count). The van der Waals surface area contributed by atoms with Gasteiger partial charge in [-0.25, -0.2) is 0 Å². The lowest BCUT2D eigenvalue weighted by atomic mass is 10.3. The summed E-state index contributed by atoms with van der Waals surface area (Å²) in [5, 5.41) is 8.69. The molecule has 0 fully saturated rings. The van der Waals surface area contributed by atoms with Crippen LogP contribution in [-0.2, 0) is 0 Å². The third kappa shape index (κ3) is 6.54. The SMILES string of the molecule is CCCC(=NCCN(C)CC)NO. The average molecular weight is 187 g/mol. The second kappa shape index (κ2) is 8.01. The molecule has 0 spiro atoms. The van der Waals surface area contributed by atoms with Gasteiger partial charge in [0.15, 0.2) is 0 Å². The van der Waals surface area contributed by atoms with Crippen LogP contribution in [0.1, 0.15) is 26.7 Å². The van der Waals surface area contributed by atoms with Gasteiger partial charge >= 0.3 is 0 Å². The molecule has 0 saturated carbocycles. The van der Waals surface area contributed by atoms with Gasteiger partial charge in [0.2, 0.25) is 0 Å². The van der Waals surface area contributed by atoms with Crippen molar-refractivity contribution >= 4 is 5.84 Å². The minimum Gasteiger partial charge on any atom is -0.305 e. The van der Waals surface area contributed by atoms with Crippen LogP contribution in [0.2, 0.25) is 0 Å². The number of aliphatic imine (C=N–C) groups is 1. The fourth-order valence-corrected chi connectivity index (χ4v) is 0.921. The van der Waals surface area contributed by atoms with E-state index in [9.17, 15) is 0 Å². The van der Waals surface area contributed by atoms with Gasteiger partial charge in [-0.1, -0.05) is 13.8 Å². The first-order valence-electron chi connectivity index (χ1n) is 4.86. The first-order valence-corrected chi connectivity index (χ1v) is 4.86. The van der Waals surface area contributed by atoms with Gasteiger partial charge in [-0.2, -0.15) is 0 Å². The van der Waals surface area contributed by atoms with E-state index in [4.69, 9.17) is 5.21 Å². The molecule has 0 aromatic heterocycles. The number of hydrogen-bond donors (Lipinski definition) is 2. The van der Waals surface area contributed by atoms with Crippen molar-refractivity contribution in [3.63, 3.8) is 0 Å². The molecule has 0 aliphatic rings. The molecule has 0 saturated heterocycles. The number of rotatable bonds is 6. The zero-order chi connectivity index (χ0) is 10.1. The van der Waals surface area contributed by atoms with E-state index < -0.39 is 0 Å². The van der Waals surface area contributed by atoms with Crippen LogP contribution in [0.25, 0.3) is 0 Å². The molecule has 78 valence electrons. The highest BCUT2D eigenvalue weighted by Crippen LogP contribution is 1.89.